The fraction of sp³-hybridized carbons (Fsp3) is 0.538. The van der Waals surface area contributed by atoms with Gasteiger partial charge in [0.1, 0.15) is 4.90 Å². The molecule has 0 fully saturated rings. The van der Waals surface area contributed by atoms with E-state index in [1.165, 1.54) is 4.31 Å². The summed E-state index contributed by atoms with van der Waals surface area (Å²) >= 11 is 6.61. The predicted molar refractivity (Wildman–Crippen MR) is 93.9 cm³/mol. The number of nitrogens with two attached hydrogens (primary N) is 1. The molecule has 1 rings (SSSR count). The van der Waals surface area contributed by atoms with Crippen molar-refractivity contribution in [3.05, 3.63) is 21.1 Å². The van der Waals surface area contributed by atoms with Crippen LogP contribution >= 0.6 is 31.9 Å². The van der Waals surface area contributed by atoms with Crippen molar-refractivity contribution in [2.45, 2.75) is 18.2 Å². The highest BCUT2D eigenvalue weighted by Gasteiger charge is 2.28. The van der Waals surface area contributed by atoms with Gasteiger partial charge in [-0.15, -0.1) is 0 Å². The minimum absolute atomic E-state index is 0.226. The Morgan fingerprint density at radius 1 is 1.10 bits per heavy atom. The van der Waals surface area contributed by atoms with E-state index in [1.807, 2.05) is 25.9 Å². The quantitative estimate of drug-likeness (QED) is 0.659. The minimum Gasteiger partial charge on any atom is -0.399 e. The van der Waals surface area contributed by atoms with Gasteiger partial charge in [-0.1, -0.05) is 6.92 Å². The van der Waals surface area contributed by atoms with Gasteiger partial charge in [0.2, 0.25) is 10.0 Å². The molecule has 0 bridgehead atoms. The summed E-state index contributed by atoms with van der Waals surface area (Å²) in [7, 11) is 0.265. The van der Waals surface area contributed by atoms with Crippen molar-refractivity contribution < 1.29 is 8.42 Å². The number of hydrogen-bond acceptors (Lipinski definition) is 4. The molecule has 2 N–H and O–H groups in total. The van der Waals surface area contributed by atoms with Crippen molar-refractivity contribution >= 4 is 47.6 Å². The maximum atomic E-state index is 12.9. The summed E-state index contributed by atoms with van der Waals surface area (Å²) in [5.74, 6) is 0. The number of sulfonamides is 1. The van der Waals surface area contributed by atoms with E-state index in [0.29, 0.717) is 34.3 Å². The van der Waals surface area contributed by atoms with Gasteiger partial charge in [-0.3, -0.25) is 0 Å². The number of rotatable bonds is 7. The number of hydrogen-bond donors (Lipinski definition) is 1. The molecule has 120 valence electrons. The average Bonchev–Trinajstić information content (AvgIpc) is 2.32. The summed E-state index contributed by atoms with van der Waals surface area (Å²) in [6.45, 7) is 3.57. The molecule has 8 heteroatoms. The molecule has 0 spiro atoms. The molecular formula is C13H21Br2N3O2S. The summed E-state index contributed by atoms with van der Waals surface area (Å²) in [6, 6.07) is 3.21. The molecule has 0 amide bonds. The van der Waals surface area contributed by atoms with Crippen molar-refractivity contribution in [1.29, 1.82) is 0 Å². The van der Waals surface area contributed by atoms with Crippen LogP contribution in [0.2, 0.25) is 0 Å². The fourth-order valence-corrected chi connectivity index (χ4v) is 5.93. The van der Waals surface area contributed by atoms with Crippen molar-refractivity contribution in [2.24, 2.45) is 0 Å². The predicted octanol–water partition coefficient (Wildman–Crippen LogP) is 2.76. The van der Waals surface area contributed by atoms with E-state index in [4.69, 9.17) is 5.73 Å². The highest BCUT2D eigenvalue weighted by molar-refractivity contribution is 9.11. The highest BCUT2D eigenvalue weighted by atomic mass is 79.9. The Bertz CT molecular complexity index is 568. The lowest BCUT2D eigenvalue weighted by atomic mass is 10.3. The molecule has 0 aliphatic rings. The fourth-order valence-electron chi connectivity index (χ4n) is 1.87. The second-order valence-corrected chi connectivity index (χ2v) is 8.60. The first-order chi connectivity index (χ1) is 9.70. The van der Waals surface area contributed by atoms with Crippen LogP contribution in [0.25, 0.3) is 0 Å². The standard InChI is InChI=1S/C13H21Br2N3O2S/c1-4-5-18(7-6-17(2)3)21(19,20)13-11(14)8-10(16)9-12(13)15/h8-9H,4-7,16H2,1-3H3. The van der Waals surface area contributed by atoms with Crippen LogP contribution in [0.1, 0.15) is 13.3 Å². The summed E-state index contributed by atoms with van der Waals surface area (Å²) in [5.41, 5.74) is 6.23. The van der Waals surface area contributed by atoms with Crippen LogP contribution in [-0.2, 0) is 10.0 Å². The van der Waals surface area contributed by atoms with Crippen LogP contribution in [0.15, 0.2) is 26.0 Å². The molecule has 0 aliphatic carbocycles. The van der Waals surface area contributed by atoms with E-state index in [-0.39, 0.29) is 4.90 Å². The third kappa shape index (κ3) is 4.92. The average molecular weight is 443 g/mol. The van der Waals surface area contributed by atoms with Crippen molar-refractivity contribution in [1.82, 2.24) is 9.21 Å². The molecule has 0 aromatic heterocycles. The lowest BCUT2D eigenvalue weighted by molar-refractivity contribution is 0.332. The molecule has 0 radical (unpaired) electrons. The van der Waals surface area contributed by atoms with E-state index in [2.05, 4.69) is 31.9 Å². The number of nitrogen functional groups attached to an aromatic ring is 1. The molecule has 21 heavy (non-hydrogen) atoms. The topological polar surface area (TPSA) is 66.6 Å². The lowest BCUT2D eigenvalue weighted by Crippen LogP contribution is -2.37. The number of likely N-dealkylation sites (N-methyl/N-ethyl adjacent to an activating group) is 1. The van der Waals surface area contributed by atoms with E-state index < -0.39 is 10.0 Å². The Morgan fingerprint density at radius 3 is 2.05 bits per heavy atom. The zero-order valence-electron chi connectivity index (χ0n) is 12.4. The number of halogens is 2. The maximum Gasteiger partial charge on any atom is 0.245 e. The van der Waals surface area contributed by atoms with Crippen LogP contribution in [0, 0.1) is 0 Å². The zero-order valence-corrected chi connectivity index (χ0v) is 16.4. The molecule has 0 aliphatic heterocycles. The molecular weight excluding hydrogens is 422 g/mol. The van der Waals surface area contributed by atoms with Gasteiger partial charge in [0.05, 0.1) is 0 Å². The van der Waals surface area contributed by atoms with Crippen LogP contribution in [-0.4, -0.2) is 51.4 Å². The first-order valence-electron chi connectivity index (χ1n) is 6.59. The second-order valence-electron chi connectivity index (χ2n) is 5.02. The summed E-state index contributed by atoms with van der Waals surface area (Å²) in [6.07, 6.45) is 0.761. The van der Waals surface area contributed by atoms with Gasteiger partial charge in [0.15, 0.2) is 0 Å². The molecule has 0 atom stereocenters. The van der Waals surface area contributed by atoms with Gasteiger partial charge >= 0.3 is 0 Å². The normalized spacial score (nSPS) is 12.3. The third-order valence-corrected chi connectivity index (χ3v) is 6.66. The first kappa shape index (κ1) is 18.9. The van der Waals surface area contributed by atoms with Gasteiger partial charge in [0.25, 0.3) is 0 Å². The molecule has 1 aromatic rings. The maximum absolute atomic E-state index is 12.9. The molecule has 5 nitrogen and oxygen atoms in total. The Morgan fingerprint density at radius 2 is 1.62 bits per heavy atom. The van der Waals surface area contributed by atoms with Crippen LogP contribution < -0.4 is 5.73 Å². The Labute approximate surface area is 143 Å². The largest absolute Gasteiger partial charge is 0.399 e. The molecule has 0 saturated heterocycles. The van der Waals surface area contributed by atoms with Gasteiger partial charge in [-0.05, 0) is 64.5 Å². The van der Waals surface area contributed by atoms with Crippen molar-refractivity contribution in [3.63, 3.8) is 0 Å². The van der Waals surface area contributed by atoms with Crippen LogP contribution in [0.3, 0.4) is 0 Å². The molecule has 0 saturated carbocycles. The first-order valence-corrected chi connectivity index (χ1v) is 9.62. The Balaban J connectivity index is 3.23. The molecule has 1 aromatic carbocycles. The number of anilines is 1. The van der Waals surface area contributed by atoms with E-state index >= 15 is 0 Å². The van der Waals surface area contributed by atoms with E-state index in [1.54, 1.807) is 12.1 Å². The zero-order chi connectivity index (χ0) is 16.2. The third-order valence-electron chi connectivity index (χ3n) is 2.89. The van der Waals surface area contributed by atoms with Gasteiger partial charge in [-0.2, -0.15) is 4.31 Å². The second kappa shape index (κ2) is 7.92. The van der Waals surface area contributed by atoms with Gasteiger partial charge < -0.3 is 10.6 Å². The highest BCUT2D eigenvalue weighted by Crippen LogP contribution is 2.34. The smallest absolute Gasteiger partial charge is 0.245 e. The number of nitrogens with zero attached hydrogens (tertiary/aromatic N) is 2. The van der Waals surface area contributed by atoms with Gasteiger partial charge in [0, 0.05) is 34.3 Å². The minimum atomic E-state index is -3.58. The monoisotopic (exact) mass is 441 g/mol. The Kier molecular flexibility index (Phi) is 7.12. The van der Waals surface area contributed by atoms with Crippen LogP contribution in [0.5, 0.6) is 0 Å². The lowest BCUT2D eigenvalue weighted by Gasteiger charge is -2.24. The van der Waals surface area contributed by atoms with Crippen LogP contribution in [0.4, 0.5) is 5.69 Å². The number of benzene rings is 1. The van der Waals surface area contributed by atoms with Gasteiger partial charge in [-0.25, -0.2) is 8.42 Å². The Hall–Kier alpha value is -0.150. The molecule has 0 heterocycles. The SMILES string of the molecule is CCCN(CCN(C)C)S(=O)(=O)c1c(Br)cc(N)cc1Br. The van der Waals surface area contributed by atoms with E-state index in [0.717, 1.165) is 6.42 Å². The summed E-state index contributed by atoms with van der Waals surface area (Å²) in [4.78, 5) is 2.19. The summed E-state index contributed by atoms with van der Waals surface area (Å²) < 4.78 is 28.2. The van der Waals surface area contributed by atoms with Crippen molar-refractivity contribution in [3.8, 4) is 0 Å². The van der Waals surface area contributed by atoms with E-state index in [9.17, 15) is 8.42 Å². The summed E-state index contributed by atoms with van der Waals surface area (Å²) in [5, 5.41) is 0. The molecule has 0 unspecified atom stereocenters. The van der Waals surface area contributed by atoms with Crippen molar-refractivity contribution in [2.75, 3.05) is 39.5 Å².